The van der Waals surface area contributed by atoms with Crippen molar-refractivity contribution in [2.24, 2.45) is 0 Å². The van der Waals surface area contributed by atoms with Gasteiger partial charge in [0.15, 0.2) is 0 Å². The molecule has 176 valence electrons. The van der Waals surface area contributed by atoms with E-state index in [1.165, 1.54) is 66.1 Å². The molecule has 6 aromatic rings. The molecule has 0 bridgehead atoms. The number of fused-ring (bicyclic) bond motifs is 3. The fourth-order valence-electron chi connectivity index (χ4n) is 5.90. The van der Waals surface area contributed by atoms with Crippen molar-refractivity contribution >= 4 is 27.6 Å². The van der Waals surface area contributed by atoms with E-state index >= 15 is 0 Å². The van der Waals surface area contributed by atoms with Gasteiger partial charge in [-0.25, -0.2) is 0 Å². The summed E-state index contributed by atoms with van der Waals surface area (Å²) in [5, 5.41) is 5.18. The van der Waals surface area contributed by atoms with Gasteiger partial charge < -0.3 is 0 Å². The molecule has 37 heavy (non-hydrogen) atoms. The maximum atomic E-state index is 4.29. The Morgan fingerprint density at radius 2 is 1.14 bits per heavy atom. The van der Waals surface area contributed by atoms with Gasteiger partial charge in [0.05, 0.1) is 0 Å². The largest absolute Gasteiger partial charge is 0.264 e. The molecule has 0 N–H and O–H groups in total. The van der Waals surface area contributed by atoms with E-state index in [0.29, 0.717) is 0 Å². The van der Waals surface area contributed by atoms with Gasteiger partial charge in [-0.1, -0.05) is 109 Å². The number of rotatable bonds is 3. The van der Waals surface area contributed by atoms with Gasteiger partial charge in [-0.05, 0) is 91.9 Å². The molecule has 0 radical (unpaired) electrons. The highest BCUT2D eigenvalue weighted by molar-refractivity contribution is 6.21. The summed E-state index contributed by atoms with van der Waals surface area (Å²) in [4.78, 5) is 4.29. The van der Waals surface area contributed by atoms with Crippen LogP contribution in [0.25, 0.3) is 61.0 Å². The number of allylic oxidation sites excluding steroid dienone is 1. The van der Waals surface area contributed by atoms with Crippen molar-refractivity contribution in [1.29, 1.82) is 0 Å². The van der Waals surface area contributed by atoms with Crippen LogP contribution in [0.15, 0.2) is 121 Å². The van der Waals surface area contributed by atoms with Crippen molar-refractivity contribution in [3.8, 4) is 33.4 Å². The van der Waals surface area contributed by atoms with Crippen LogP contribution in [-0.4, -0.2) is 4.98 Å². The quantitative estimate of drug-likeness (QED) is 0.233. The van der Waals surface area contributed by atoms with Gasteiger partial charge in [0.25, 0.3) is 0 Å². The maximum absolute atomic E-state index is 4.29. The Bertz CT molecular complexity index is 1750. The number of aromatic nitrogens is 1. The zero-order chi connectivity index (χ0) is 24.8. The Kier molecular flexibility index (Phi) is 5.22. The van der Waals surface area contributed by atoms with Crippen molar-refractivity contribution < 1.29 is 0 Å². The van der Waals surface area contributed by atoms with Crippen molar-refractivity contribution in [1.82, 2.24) is 4.98 Å². The maximum Gasteiger partial charge on any atom is 0.0346 e. The summed E-state index contributed by atoms with van der Waals surface area (Å²) in [6.45, 7) is 2.24. The number of aryl methyl sites for hydroxylation is 1. The van der Waals surface area contributed by atoms with Crippen LogP contribution in [0, 0.1) is 0 Å². The molecule has 1 aliphatic rings. The average Bonchev–Trinajstić information content (AvgIpc) is 2.96. The summed E-state index contributed by atoms with van der Waals surface area (Å²) in [5.74, 6) is 0. The smallest absolute Gasteiger partial charge is 0.0346 e. The van der Waals surface area contributed by atoms with Crippen molar-refractivity contribution in [3.05, 3.63) is 132 Å². The standard InChI is InChI=1S/C36H27N/c1-24-12-13-28-22-29(19-18-27(28)21-24)36-33-10-4-2-8-31(33)35(32-9-3-5-11-34(32)36)26-16-14-25(15-17-26)30-7-6-20-37-23-30/h2-11,14-23H,12-13H2,1H3. The van der Waals surface area contributed by atoms with Crippen LogP contribution in [0.4, 0.5) is 0 Å². The van der Waals surface area contributed by atoms with Crippen LogP contribution in [-0.2, 0) is 6.42 Å². The molecule has 1 heteroatoms. The van der Waals surface area contributed by atoms with Gasteiger partial charge in [-0.15, -0.1) is 0 Å². The molecule has 0 aliphatic heterocycles. The highest BCUT2D eigenvalue weighted by Crippen LogP contribution is 2.44. The van der Waals surface area contributed by atoms with Crippen molar-refractivity contribution in [2.45, 2.75) is 19.8 Å². The molecule has 7 rings (SSSR count). The molecule has 5 aromatic carbocycles. The first-order valence-electron chi connectivity index (χ1n) is 13.0. The first-order valence-corrected chi connectivity index (χ1v) is 13.0. The predicted octanol–water partition coefficient (Wildman–Crippen LogP) is 9.74. The topological polar surface area (TPSA) is 12.9 Å². The van der Waals surface area contributed by atoms with Crippen LogP contribution in [0.2, 0.25) is 0 Å². The van der Waals surface area contributed by atoms with E-state index < -0.39 is 0 Å². The van der Waals surface area contributed by atoms with Gasteiger partial charge in [-0.3, -0.25) is 4.98 Å². The Balaban J connectivity index is 1.47. The van der Waals surface area contributed by atoms with Crippen LogP contribution in [0.5, 0.6) is 0 Å². The van der Waals surface area contributed by atoms with E-state index in [4.69, 9.17) is 0 Å². The number of benzene rings is 5. The lowest BCUT2D eigenvalue weighted by Gasteiger charge is -2.20. The molecule has 0 unspecified atom stereocenters. The minimum absolute atomic E-state index is 1.11. The van der Waals surface area contributed by atoms with Gasteiger partial charge in [0, 0.05) is 12.4 Å². The lowest BCUT2D eigenvalue weighted by Crippen LogP contribution is -1.98. The summed E-state index contributed by atoms with van der Waals surface area (Å²) in [6, 6.07) is 37.9. The highest BCUT2D eigenvalue weighted by atomic mass is 14.6. The van der Waals surface area contributed by atoms with Crippen molar-refractivity contribution in [2.75, 3.05) is 0 Å². The molecule has 1 nitrogen and oxygen atoms in total. The minimum atomic E-state index is 1.11. The summed E-state index contributed by atoms with van der Waals surface area (Å²) >= 11 is 0. The van der Waals surface area contributed by atoms with E-state index in [9.17, 15) is 0 Å². The molecule has 0 fully saturated rings. The van der Waals surface area contributed by atoms with E-state index in [1.807, 2.05) is 18.5 Å². The normalized spacial score (nSPS) is 12.9. The molecular formula is C36H27N. The second-order valence-corrected chi connectivity index (χ2v) is 10.1. The number of pyridine rings is 1. The third kappa shape index (κ3) is 3.75. The van der Waals surface area contributed by atoms with Gasteiger partial charge in [-0.2, -0.15) is 0 Å². The number of hydrogen-bond acceptors (Lipinski definition) is 1. The third-order valence-corrected chi connectivity index (χ3v) is 7.72. The zero-order valence-electron chi connectivity index (χ0n) is 20.9. The molecule has 0 spiro atoms. The highest BCUT2D eigenvalue weighted by Gasteiger charge is 2.18. The van der Waals surface area contributed by atoms with E-state index in [1.54, 1.807) is 0 Å². The molecular weight excluding hydrogens is 446 g/mol. The number of nitrogens with zero attached hydrogens (tertiary/aromatic N) is 1. The molecule has 0 saturated carbocycles. The second-order valence-electron chi connectivity index (χ2n) is 10.1. The Labute approximate surface area is 217 Å². The van der Waals surface area contributed by atoms with Crippen molar-refractivity contribution in [3.63, 3.8) is 0 Å². The zero-order valence-corrected chi connectivity index (χ0v) is 20.9. The molecule has 0 amide bonds. The van der Waals surface area contributed by atoms with Crippen LogP contribution in [0.1, 0.15) is 24.5 Å². The first kappa shape index (κ1) is 21.8. The third-order valence-electron chi connectivity index (χ3n) is 7.72. The molecule has 1 aliphatic carbocycles. The number of hydrogen-bond donors (Lipinski definition) is 0. The lowest BCUT2D eigenvalue weighted by atomic mass is 9.84. The molecule has 1 heterocycles. The van der Waals surface area contributed by atoms with Crippen LogP contribution < -0.4 is 0 Å². The first-order chi connectivity index (χ1) is 18.3. The monoisotopic (exact) mass is 473 g/mol. The Hall–Kier alpha value is -4.49. The lowest BCUT2D eigenvalue weighted by molar-refractivity contribution is 0.928. The Morgan fingerprint density at radius 1 is 0.541 bits per heavy atom. The van der Waals surface area contributed by atoms with Gasteiger partial charge >= 0.3 is 0 Å². The SMILES string of the molecule is CC1=Cc2ccc(-c3c4ccccc4c(-c4ccc(-c5cccnc5)cc4)c4ccccc34)cc2CC1. The fourth-order valence-corrected chi connectivity index (χ4v) is 5.90. The summed E-state index contributed by atoms with van der Waals surface area (Å²) in [7, 11) is 0. The van der Waals surface area contributed by atoms with Crippen LogP contribution in [0.3, 0.4) is 0 Å². The molecule has 0 saturated heterocycles. The molecule has 0 atom stereocenters. The van der Waals surface area contributed by atoms with Crippen LogP contribution >= 0.6 is 0 Å². The van der Waals surface area contributed by atoms with E-state index in [2.05, 4.69) is 115 Å². The van der Waals surface area contributed by atoms with E-state index in [0.717, 1.165) is 18.4 Å². The minimum Gasteiger partial charge on any atom is -0.264 e. The fraction of sp³-hybridized carbons (Fsp3) is 0.0833. The average molecular weight is 474 g/mol. The second kappa shape index (κ2) is 8.87. The van der Waals surface area contributed by atoms with Gasteiger partial charge in [0.2, 0.25) is 0 Å². The summed E-state index contributed by atoms with van der Waals surface area (Å²) in [6.07, 6.45) is 8.34. The summed E-state index contributed by atoms with van der Waals surface area (Å²) in [5.41, 5.74) is 11.8. The predicted molar refractivity (Wildman–Crippen MR) is 158 cm³/mol. The Morgan fingerprint density at radius 3 is 1.76 bits per heavy atom. The van der Waals surface area contributed by atoms with Gasteiger partial charge in [0.1, 0.15) is 0 Å². The summed E-state index contributed by atoms with van der Waals surface area (Å²) < 4.78 is 0. The molecule has 1 aromatic heterocycles. The van der Waals surface area contributed by atoms with E-state index in [-0.39, 0.29) is 0 Å².